The zero-order valence-corrected chi connectivity index (χ0v) is 12.1. The zero-order chi connectivity index (χ0) is 13.9. The van der Waals surface area contributed by atoms with E-state index in [9.17, 15) is 14.3 Å². The number of halogens is 2. The van der Waals surface area contributed by atoms with Gasteiger partial charge in [0, 0.05) is 41.0 Å². The number of hydrogen-bond donors (Lipinski definition) is 1. The first-order valence-electron chi connectivity index (χ1n) is 5.01. The van der Waals surface area contributed by atoms with Crippen LogP contribution in [-0.4, -0.2) is 27.2 Å². The molecular weight excluding hydrogens is 299 g/mol. The predicted octanol–water partition coefficient (Wildman–Crippen LogP) is 3.08. The molecule has 5 nitrogen and oxygen atoms in total. The fourth-order valence-corrected chi connectivity index (χ4v) is 2.82. The summed E-state index contributed by atoms with van der Waals surface area (Å²) in [6, 6.07) is 2.35. The fraction of sp³-hybridized carbons (Fsp3) is 0.400. The topological polar surface area (TPSA) is 72.2 Å². The lowest BCUT2D eigenvalue weighted by molar-refractivity contribution is -0.384. The number of nitro benzene ring substituents is 1. The summed E-state index contributed by atoms with van der Waals surface area (Å²) in [7, 11) is -0.951. The molecule has 1 aromatic carbocycles. The van der Waals surface area contributed by atoms with Crippen LogP contribution in [0.15, 0.2) is 12.1 Å². The molecule has 100 valence electrons. The first-order valence-corrected chi connectivity index (χ1v) is 7.49. The molecule has 0 aliphatic rings. The van der Waals surface area contributed by atoms with E-state index < -0.39 is 15.7 Å². The van der Waals surface area contributed by atoms with E-state index in [1.165, 1.54) is 12.1 Å². The molecule has 0 saturated heterocycles. The average molecular weight is 311 g/mol. The molecule has 0 aromatic heterocycles. The van der Waals surface area contributed by atoms with Gasteiger partial charge in [-0.05, 0) is 6.92 Å². The molecule has 8 heteroatoms. The van der Waals surface area contributed by atoms with Gasteiger partial charge in [-0.15, -0.1) is 0 Å². The highest BCUT2D eigenvalue weighted by Gasteiger charge is 2.16. The molecule has 0 unspecified atom stereocenters. The Balaban J connectivity index is 2.96. The maximum absolute atomic E-state index is 11.1. The summed E-state index contributed by atoms with van der Waals surface area (Å²) < 4.78 is 11.1. The Morgan fingerprint density at radius 1 is 1.44 bits per heavy atom. The maximum atomic E-state index is 11.1. The van der Waals surface area contributed by atoms with Gasteiger partial charge in [-0.2, -0.15) is 0 Å². The van der Waals surface area contributed by atoms with Crippen molar-refractivity contribution < 1.29 is 9.13 Å². The van der Waals surface area contributed by atoms with E-state index >= 15 is 0 Å². The van der Waals surface area contributed by atoms with Crippen LogP contribution in [0.2, 0.25) is 10.0 Å². The summed E-state index contributed by atoms with van der Waals surface area (Å²) >= 11 is 11.9. The van der Waals surface area contributed by atoms with Crippen molar-refractivity contribution in [1.82, 2.24) is 0 Å². The molecule has 1 N–H and O–H groups in total. The second-order valence-corrected chi connectivity index (χ2v) is 6.12. The maximum Gasteiger partial charge on any atom is 0.272 e. The average Bonchev–Trinajstić information content (AvgIpc) is 2.21. The highest BCUT2D eigenvalue weighted by atomic mass is 35.5. The Hall–Kier alpha value is -0.850. The second-order valence-electron chi connectivity index (χ2n) is 3.83. The van der Waals surface area contributed by atoms with Gasteiger partial charge >= 0.3 is 0 Å². The van der Waals surface area contributed by atoms with Gasteiger partial charge in [0.1, 0.15) is 0 Å². The first-order chi connectivity index (χ1) is 8.31. The van der Waals surface area contributed by atoms with Gasteiger partial charge in [0.05, 0.1) is 20.7 Å². The molecule has 0 saturated carbocycles. The minimum Gasteiger partial charge on any atom is -0.379 e. The van der Waals surface area contributed by atoms with Crippen LogP contribution in [0, 0.1) is 10.1 Å². The molecule has 0 aliphatic carbocycles. The van der Waals surface area contributed by atoms with Crippen LogP contribution in [0.25, 0.3) is 0 Å². The van der Waals surface area contributed by atoms with Crippen molar-refractivity contribution in [2.45, 2.75) is 13.0 Å². The number of nitrogens with one attached hydrogen (secondary N) is 1. The number of non-ortho nitro benzene ring substituents is 1. The normalized spacial score (nSPS) is 14.0. The lowest BCUT2D eigenvalue weighted by Gasteiger charge is -2.16. The van der Waals surface area contributed by atoms with Crippen molar-refractivity contribution in [2.24, 2.45) is 0 Å². The molecule has 18 heavy (non-hydrogen) atoms. The minimum atomic E-state index is -0.951. The van der Waals surface area contributed by atoms with Crippen molar-refractivity contribution in [3.63, 3.8) is 0 Å². The van der Waals surface area contributed by atoms with Gasteiger partial charge in [0.15, 0.2) is 0 Å². The van der Waals surface area contributed by atoms with E-state index in [2.05, 4.69) is 5.32 Å². The molecule has 0 bridgehead atoms. The van der Waals surface area contributed by atoms with Crippen LogP contribution < -0.4 is 5.32 Å². The van der Waals surface area contributed by atoms with Gasteiger partial charge < -0.3 is 5.32 Å². The number of hydrogen-bond acceptors (Lipinski definition) is 4. The van der Waals surface area contributed by atoms with Crippen LogP contribution in [0.4, 0.5) is 11.4 Å². The first kappa shape index (κ1) is 15.2. The van der Waals surface area contributed by atoms with Crippen molar-refractivity contribution in [1.29, 1.82) is 0 Å². The lowest BCUT2D eigenvalue weighted by Crippen LogP contribution is -2.22. The quantitative estimate of drug-likeness (QED) is 0.670. The number of benzene rings is 1. The Kier molecular flexibility index (Phi) is 5.37. The predicted molar refractivity (Wildman–Crippen MR) is 75.1 cm³/mol. The van der Waals surface area contributed by atoms with Crippen LogP contribution >= 0.6 is 23.2 Å². The van der Waals surface area contributed by atoms with Gasteiger partial charge in [-0.25, -0.2) is 0 Å². The number of rotatable bonds is 5. The van der Waals surface area contributed by atoms with Gasteiger partial charge in [-0.1, -0.05) is 23.2 Å². The van der Waals surface area contributed by atoms with E-state index in [0.29, 0.717) is 11.4 Å². The smallest absolute Gasteiger partial charge is 0.272 e. The van der Waals surface area contributed by atoms with E-state index in [1.807, 2.05) is 6.92 Å². The molecule has 0 amide bonds. The molecular formula is C10H12Cl2N2O3S. The highest BCUT2D eigenvalue weighted by molar-refractivity contribution is 7.84. The molecule has 1 rings (SSSR count). The van der Waals surface area contributed by atoms with Crippen molar-refractivity contribution in [3.05, 3.63) is 32.3 Å². The lowest BCUT2D eigenvalue weighted by atomic mass is 10.2. The fourth-order valence-electron chi connectivity index (χ4n) is 1.44. The molecule has 2 atom stereocenters. The largest absolute Gasteiger partial charge is 0.379 e. The molecule has 0 spiro atoms. The standard InChI is InChI=1S/C10H12Cl2N2O3S/c1-6(5-18(2)17)13-10-8(11)3-7(14(15)16)4-9(10)12/h3-4,6,13H,5H2,1-2H3/t6-,18+/m0/s1. The van der Waals surface area contributed by atoms with Crippen molar-refractivity contribution >= 4 is 45.4 Å². The summed E-state index contributed by atoms with van der Waals surface area (Å²) in [6.07, 6.45) is 1.59. The Labute approximate surface area is 117 Å². The summed E-state index contributed by atoms with van der Waals surface area (Å²) in [4.78, 5) is 10.0. The van der Waals surface area contributed by atoms with E-state index in [4.69, 9.17) is 23.2 Å². The van der Waals surface area contributed by atoms with Crippen LogP contribution in [-0.2, 0) is 10.8 Å². The number of nitro groups is 1. The third-order valence-electron chi connectivity index (χ3n) is 2.11. The Bertz CT molecular complexity index is 473. The van der Waals surface area contributed by atoms with Gasteiger partial charge in [-0.3, -0.25) is 14.3 Å². The summed E-state index contributed by atoms with van der Waals surface area (Å²) in [5.41, 5.74) is 0.254. The Morgan fingerprint density at radius 2 is 1.94 bits per heavy atom. The monoisotopic (exact) mass is 310 g/mol. The molecule has 0 heterocycles. The third-order valence-corrected chi connectivity index (χ3v) is 3.68. The van der Waals surface area contributed by atoms with E-state index in [1.54, 1.807) is 6.26 Å². The number of nitrogens with zero attached hydrogens (tertiary/aromatic N) is 1. The zero-order valence-electron chi connectivity index (χ0n) is 9.78. The van der Waals surface area contributed by atoms with E-state index in [0.717, 1.165) is 0 Å². The Morgan fingerprint density at radius 3 is 2.33 bits per heavy atom. The minimum absolute atomic E-state index is 0.104. The van der Waals surface area contributed by atoms with Gasteiger partial charge in [0.25, 0.3) is 5.69 Å². The summed E-state index contributed by atoms with van der Waals surface area (Å²) in [5.74, 6) is 0.434. The summed E-state index contributed by atoms with van der Waals surface area (Å²) in [6.45, 7) is 1.83. The molecule has 0 fully saturated rings. The molecule has 1 aromatic rings. The van der Waals surface area contributed by atoms with Crippen molar-refractivity contribution in [2.75, 3.05) is 17.3 Å². The van der Waals surface area contributed by atoms with Crippen molar-refractivity contribution in [3.8, 4) is 0 Å². The van der Waals surface area contributed by atoms with Gasteiger partial charge in [0.2, 0.25) is 0 Å². The highest BCUT2D eigenvalue weighted by Crippen LogP contribution is 2.35. The third kappa shape index (κ3) is 4.12. The summed E-state index contributed by atoms with van der Waals surface area (Å²) in [5, 5.41) is 13.9. The van der Waals surface area contributed by atoms with Crippen LogP contribution in [0.3, 0.4) is 0 Å². The molecule has 0 radical (unpaired) electrons. The SMILES string of the molecule is C[C@@H](C[S@@](C)=O)Nc1c(Cl)cc([N+](=O)[O-])cc1Cl. The molecule has 0 aliphatic heterocycles. The van der Waals surface area contributed by atoms with Crippen LogP contribution in [0.1, 0.15) is 6.92 Å². The number of anilines is 1. The second kappa shape index (κ2) is 6.36. The van der Waals surface area contributed by atoms with Crippen LogP contribution in [0.5, 0.6) is 0 Å². The van der Waals surface area contributed by atoms with E-state index in [-0.39, 0.29) is 21.8 Å².